The van der Waals surface area contributed by atoms with Crippen molar-refractivity contribution in [2.24, 2.45) is 0 Å². The number of benzene rings is 2. The number of aromatic hydroxyl groups is 1. The third kappa shape index (κ3) is 5.09. The second kappa shape index (κ2) is 9.61. The number of thiocarbonyl (C=S) groups is 1. The van der Waals surface area contributed by atoms with Crippen LogP contribution in [0, 0.1) is 0 Å². The fraction of sp³-hybridized carbons (Fsp3) is 0.0870. The normalized spacial score (nSPS) is 15.0. The van der Waals surface area contributed by atoms with Gasteiger partial charge < -0.3 is 14.6 Å². The van der Waals surface area contributed by atoms with Crippen molar-refractivity contribution in [2.75, 3.05) is 6.54 Å². The second-order valence-electron chi connectivity index (χ2n) is 7.07. The molecule has 1 saturated heterocycles. The lowest BCUT2D eigenvalue weighted by Crippen LogP contribution is -2.30. The first-order valence-corrected chi connectivity index (χ1v) is 11.6. The number of furan rings is 1. The molecular weight excluding hydrogens is 505 g/mol. The van der Waals surface area contributed by atoms with Crippen molar-refractivity contribution in [1.82, 2.24) is 4.90 Å². The third-order valence-corrected chi connectivity index (χ3v) is 7.01. The fourth-order valence-corrected chi connectivity index (χ4v) is 4.82. The van der Waals surface area contributed by atoms with E-state index >= 15 is 0 Å². The quantitative estimate of drug-likeness (QED) is 0.300. The van der Waals surface area contributed by atoms with Crippen LogP contribution >= 0.6 is 47.2 Å². The van der Waals surface area contributed by atoms with E-state index in [1.54, 1.807) is 30.3 Å². The van der Waals surface area contributed by atoms with Gasteiger partial charge in [-0.25, -0.2) is 4.79 Å². The minimum absolute atomic E-state index is 0.199. The maximum Gasteiger partial charge on any atom is 0.339 e. The molecule has 0 unspecified atom stereocenters. The van der Waals surface area contributed by atoms with Crippen LogP contribution in [0.5, 0.6) is 5.75 Å². The van der Waals surface area contributed by atoms with Gasteiger partial charge in [0.15, 0.2) is 0 Å². The van der Waals surface area contributed by atoms with Crippen molar-refractivity contribution in [3.63, 3.8) is 0 Å². The first-order valence-electron chi connectivity index (χ1n) is 9.59. The average molecular weight is 520 g/mol. The number of carboxylic acid groups (broad SMARTS) is 1. The van der Waals surface area contributed by atoms with E-state index < -0.39 is 5.97 Å². The first kappa shape index (κ1) is 23.4. The molecule has 2 aromatic carbocycles. The Hall–Kier alpha value is -2.78. The van der Waals surface area contributed by atoms with Crippen LogP contribution in [0.3, 0.4) is 0 Å². The van der Waals surface area contributed by atoms with Crippen LogP contribution in [-0.4, -0.2) is 37.9 Å². The van der Waals surface area contributed by atoms with Crippen LogP contribution in [-0.2, 0) is 11.2 Å². The van der Waals surface area contributed by atoms with Gasteiger partial charge in [-0.2, -0.15) is 0 Å². The molecule has 1 fully saturated rings. The van der Waals surface area contributed by atoms with Crippen LogP contribution in [0.1, 0.15) is 21.7 Å². The van der Waals surface area contributed by atoms with Gasteiger partial charge in [0, 0.05) is 18.2 Å². The molecular formula is C23H15Cl2NO5S2. The molecule has 0 spiro atoms. The molecule has 1 amide bonds. The van der Waals surface area contributed by atoms with E-state index in [-0.39, 0.29) is 17.2 Å². The Bertz CT molecular complexity index is 1320. The average Bonchev–Trinajstić information content (AvgIpc) is 3.33. The highest BCUT2D eigenvalue weighted by Crippen LogP contribution is 2.34. The Labute approximate surface area is 208 Å². The van der Waals surface area contributed by atoms with Crippen molar-refractivity contribution in [3.05, 3.63) is 80.4 Å². The van der Waals surface area contributed by atoms with E-state index in [1.165, 1.54) is 34.9 Å². The van der Waals surface area contributed by atoms with Gasteiger partial charge in [-0.15, -0.1) is 0 Å². The van der Waals surface area contributed by atoms with Gasteiger partial charge in [0.05, 0.1) is 15.0 Å². The lowest BCUT2D eigenvalue weighted by Gasteiger charge is -2.14. The van der Waals surface area contributed by atoms with Crippen molar-refractivity contribution >= 4 is 69.5 Å². The summed E-state index contributed by atoms with van der Waals surface area (Å²) in [5.41, 5.74) is 1.25. The number of hydrogen-bond donors (Lipinski definition) is 2. The number of hydrogen-bond acceptors (Lipinski definition) is 6. The van der Waals surface area contributed by atoms with Crippen LogP contribution < -0.4 is 0 Å². The predicted molar refractivity (Wildman–Crippen MR) is 133 cm³/mol. The molecule has 2 N–H and O–H groups in total. The minimum atomic E-state index is -1.22. The fourth-order valence-electron chi connectivity index (χ4n) is 3.21. The molecule has 0 saturated carbocycles. The second-order valence-corrected chi connectivity index (χ2v) is 9.56. The number of rotatable bonds is 6. The molecule has 33 heavy (non-hydrogen) atoms. The highest BCUT2D eigenvalue weighted by molar-refractivity contribution is 8.26. The number of amides is 1. The summed E-state index contributed by atoms with van der Waals surface area (Å²) in [5, 5.41) is 19.9. The maximum atomic E-state index is 12.9. The lowest BCUT2D eigenvalue weighted by atomic mass is 10.1. The molecule has 0 bridgehead atoms. The van der Waals surface area contributed by atoms with Crippen molar-refractivity contribution in [3.8, 4) is 17.1 Å². The number of carboxylic acids is 1. The van der Waals surface area contributed by atoms with E-state index in [0.29, 0.717) is 49.3 Å². The van der Waals surface area contributed by atoms with Crippen LogP contribution in [0.15, 0.2) is 57.9 Å². The van der Waals surface area contributed by atoms with E-state index in [2.05, 4.69) is 0 Å². The molecule has 1 aliphatic heterocycles. The molecule has 168 valence electrons. The summed E-state index contributed by atoms with van der Waals surface area (Å²) in [6.07, 6.45) is 2.17. The zero-order valence-corrected chi connectivity index (χ0v) is 19.9. The van der Waals surface area contributed by atoms with Crippen LogP contribution in [0.4, 0.5) is 0 Å². The van der Waals surface area contributed by atoms with Gasteiger partial charge in [0.2, 0.25) is 0 Å². The van der Waals surface area contributed by atoms with Gasteiger partial charge in [0.25, 0.3) is 5.91 Å². The Kier molecular flexibility index (Phi) is 6.81. The molecule has 3 aromatic rings. The van der Waals surface area contributed by atoms with Crippen molar-refractivity contribution in [2.45, 2.75) is 6.42 Å². The number of nitrogens with zero attached hydrogens (tertiary/aromatic N) is 1. The van der Waals surface area contributed by atoms with E-state index in [9.17, 15) is 14.7 Å². The Morgan fingerprint density at radius 3 is 2.61 bits per heavy atom. The van der Waals surface area contributed by atoms with Gasteiger partial charge in [-0.05, 0) is 48.4 Å². The van der Waals surface area contributed by atoms with Crippen LogP contribution in [0.2, 0.25) is 10.0 Å². The van der Waals surface area contributed by atoms with Gasteiger partial charge in [-0.1, -0.05) is 59.3 Å². The van der Waals surface area contributed by atoms with E-state index in [4.69, 9.17) is 44.9 Å². The Morgan fingerprint density at radius 1 is 1.12 bits per heavy atom. The van der Waals surface area contributed by atoms with Gasteiger partial charge in [0.1, 0.15) is 27.2 Å². The van der Waals surface area contributed by atoms with Crippen LogP contribution in [0.25, 0.3) is 17.4 Å². The zero-order valence-electron chi connectivity index (χ0n) is 16.7. The number of phenols is 1. The standard InChI is InChI=1S/C23H15Cl2NO5S2/c24-16-5-1-12(9-17(16)25)7-8-26-21(28)20(33-23(26)32)11-14-3-6-19(31-14)13-2-4-15(22(29)30)18(27)10-13/h1-6,9-11,27H,7-8H2,(H,29,30)/b20-11-. The highest BCUT2D eigenvalue weighted by atomic mass is 35.5. The SMILES string of the molecule is O=C(O)c1ccc(-c2ccc(/C=C3\SC(=S)N(CCc4ccc(Cl)c(Cl)c4)C3=O)o2)cc1O. The number of thioether (sulfide) groups is 1. The zero-order chi connectivity index (χ0) is 23.7. The minimum Gasteiger partial charge on any atom is -0.507 e. The van der Waals surface area contributed by atoms with Crippen molar-refractivity contribution in [1.29, 1.82) is 0 Å². The molecule has 0 radical (unpaired) electrons. The third-order valence-electron chi connectivity index (χ3n) is 4.89. The first-order chi connectivity index (χ1) is 15.7. The predicted octanol–water partition coefficient (Wildman–Crippen LogP) is 6.10. The number of carbonyl (C=O) groups is 2. The van der Waals surface area contributed by atoms with E-state index in [1.807, 2.05) is 6.07 Å². The molecule has 2 heterocycles. The largest absolute Gasteiger partial charge is 0.507 e. The highest BCUT2D eigenvalue weighted by Gasteiger charge is 2.32. The number of carbonyl (C=O) groups excluding carboxylic acids is 1. The summed E-state index contributed by atoms with van der Waals surface area (Å²) < 4.78 is 6.22. The molecule has 6 nitrogen and oxygen atoms in total. The molecule has 1 aliphatic rings. The molecule has 0 atom stereocenters. The number of halogens is 2. The summed E-state index contributed by atoms with van der Waals surface area (Å²) in [5.74, 6) is -0.951. The molecule has 10 heteroatoms. The smallest absolute Gasteiger partial charge is 0.339 e. The lowest BCUT2D eigenvalue weighted by molar-refractivity contribution is -0.122. The summed E-state index contributed by atoms with van der Waals surface area (Å²) in [6, 6.07) is 12.8. The molecule has 0 aliphatic carbocycles. The Balaban J connectivity index is 1.47. The van der Waals surface area contributed by atoms with E-state index in [0.717, 1.165) is 5.56 Å². The summed E-state index contributed by atoms with van der Waals surface area (Å²) in [4.78, 5) is 25.9. The summed E-state index contributed by atoms with van der Waals surface area (Å²) in [6.45, 7) is 0.401. The Morgan fingerprint density at radius 2 is 1.91 bits per heavy atom. The summed E-state index contributed by atoms with van der Waals surface area (Å²) >= 11 is 18.6. The molecule has 4 rings (SSSR count). The topological polar surface area (TPSA) is 91.0 Å². The van der Waals surface area contributed by atoms with Crippen molar-refractivity contribution < 1.29 is 24.2 Å². The maximum absolute atomic E-state index is 12.9. The summed E-state index contributed by atoms with van der Waals surface area (Å²) in [7, 11) is 0. The number of aromatic carboxylic acids is 1. The van der Waals surface area contributed by atoms with Gasteiger partial charge >= 0.3 is 5.97 Å². The van der Waals surface area contributed by atoms with Gasteiger partial charge in [-0.3, -0.25) is 9.69 Å². The monoisotopic (exact) mass is 519 g/mol. The molecule has 1 aromatic heterocycles.